The Balaban J connectivity index is 2.09. The van der Waals surface area contributed by atoms with Gasteiger partial charge in [-0.1, -0.05) is 24.6 Å². The molecule has 0 saturated heterocycles. The maximum atomic E-state index is 11.8. The molecule has 1 unspecified atom stereocenters. The predicted molar refractivity (Wildman–Crippen MR) is 113 cm³/mol. The highest BCUT2D eigenvalue weighted by Gasteiger charge is 2.19. The third-order valence-corrected chi connectivity index (χ3v) is 6.33. The third-order valence-electron chi connectivity index (χ3n) is 4.90. The van der Waals surface area contributed by atoms with Crippen molar-refractivity contribution in [1.29, 1.82) is 0 Å². The standard InChI is InChI=1S/C20H24ClN3O4S/c1-5-13(27-2)9-11-24-19-18(23-20(24)28-3)16(8-10-22-19)15-7-6-14(12-17(15)21)29(4,25)26/h6-8,10,12-13H,5,9,11H2,1-4H3. The summed E-state index contributed by atoms with van der Waals surface area (Å²) in [6, 6.07) is 6.95. The van der Waals surface area contributed by atoms with E-state index in [4.69, 9.17) is 21.1 Å². The van der Waals surface area contributed by atoms with Gasteiger partial charge < -0.3 is 9.47 Å². The van der Waals surface area contributed by atoms with Gasteiger partial charge in [0.15, 0.2) is 15.5 Å². The summed E-state index contributed by atoms with van der Waals surface area (Å²) in [7, 11) is -0.0697. The first-order chi connectivity index (χ1) is 13.8. The summed E-state index contributed by atoms with van der Waals surface area (Å²) in [6.07, 6.45) is 4.68. The lowest BCUT2D eigenvalue weighted by molar-refractivity contribution is 0.0878. The number of aromatic nitrogens is 3. The molecule has 0 aliphatic carbocycles. The van der Waals surface area contributed by atoms with Crippen LogP contribution in [0, 0.1) is 0 Å². The van der Waals surface area contributed by atoms with E-state index in [-0.39, 0.29) is 11.0 Å². The molecule has 2 aromatic heterocycles. The SMILES string of the molecule is CCC(CCn1c(OC)nc2c(-c3ccc(S(C)(=O)=O)cc3Cl)ccnc21)OC. The van der Waals surface area contributed by atoms with Gasteiger partial charge in [-0.15, -0.1) is 0 Å². The molecule has 0 N–H and O–H groups in total. The number of pyridine rings is 1. The molecule has 1 aromatic carbocycles. The van der Waals surface area contributed by atoms with Crippen LogP contribution in [0.3, 0.4) is 0 Å². The van der Waals surface area contributed by atoms with E-state index in [0.29, 0.717) is 34.3 Å². The Labute approximate surface area is 175 Å². The minimum atomic E-state index is -3.34. The number of methoxy groups -OCH3 is 2. The highest BCUT2D eigenvalue weighted by atomic mass is 35.5. The van der Waals surface area contributed by atoms with Crippen LogP contribution in [-0.4, -0.2) is 49.5 Å². The minimum absolute atomic E-state index is 0.137. The third kappa shape index (κ3) is 4.39. The monoisotopic (exact) mass is 437 g/mol. The molecule has 156 valence electrons. The number of halogens is 1. The quantitative estimate of drug-likeness (QED) is 0.530. The van der Waals surface area contributed by atoms with Gasteiger partial charge >= 0.3 is 0 Å². The summed E-state index contributed by atoms with van der Waals surface area (Å²) in [6.45, 7) is 2.72. The van der Waals surface area contributed by atoms with Gasteiger partial charge in [0.25, 0.3) is 6.01 Å². The van der Waals surface area contributed by atoms with Crippen LogP contribution in [0.25, 0.3) is 22.3 Å². The largest absolute Gasteiger partial charge is 0.468 e. The summed E-state index contributed by atoms with van der Waals surface area (Å²) in [5.41, 5.74) is 2.76. The molecule has 29 heavy (non-hydrogen) atoms. The van der Waals surface area contributed by atoms with E-state index in [1.54, 1.807) is 32.5 Å². The number of fused-ring (bicyclic) bond motifs is 1. The molecular formula is C20H24ClN3O4S. The zero-order valence-corrected chi connectivity index (χ0v) is 18.4. The number of imidazole rings is 1. The van der Waals surface area contributed by atoms with Crippen molar-refractivity contribution < 1.29 is 17.9 Å². The zero-order chi connectivity index (χ0) is 21.2. The predicted octanol–water partition coefficient (Wildman–Crippen LogP) is 3.98. The molecule has 2 heterocycles. The van der Waals surface area contributed by atoms with Crippen molar-refractivity contribution in [3.05, 3.63) is 35.5 Å². The first-order valence-corrected chi connectivity index (χ1v) is 11.5. The Morgan fingerprint density at radius 2 is 1.97 bits per heavy atom. The van der Waals surface area contributed by atoms with Crippen molar-refractivity contribution in [3.63, 3.8) is 0 Å². The van der Waals surface area contributed by atoms with Crippen LogP contribution >= 0.6 is 11.6 Å². The number of ether oxygens (including phenoxy) is 2. The van der Waals surface area contributed by atoms with Crippen molar-refractivity contribution >= 4 is 32.6 Å². The summed E-state index contributed by atoms with van der Waals surface area (Å²) >= 11 is 6.42. The van der Waals surface area contributed by atoms with E-state index in [1.165, 1.54) is 6.07 Å². The molecule has 0 fully saturated rings. The Hall–Kier alpha value is -2.16. The van der Waals surface area contributed by atoms with Crippen molar-refractivity contribution in [2.45, 2.75) is 37.3 Å². The van der Waals surface area contributed by atoms with Crippen molar-refractivity contribution in [2.75, 3.05) is 20.5 Å². The molecule has 1 atom stereocenters. The molecule has 9 heteroatoms. The Kier molecular flexibility index (Phi) is 6.45. The average Bonchev–Trinajstić information content (AvgIpc) is 3.06. The Bertz CT molecular complexity index is 1120. The first kappa shape index (κ1) is 21.5. The van der Waals surface area contributed by atoms with E-state index in [1.807, 2.05) is 10.6 Å². The summed E-state index contributed by atoms with van der Waals surface area (Å²) < 4.78 is 36.5. The second kappa shape index (κ2) is 8.69. The lowest BCUT2D eigenvalue weighted by Crippen LogP contribution is -2.13. The van der Waals surface area contributed by atoms with Crippen molar-refractivity contribution in [1.82, 2.24) is 14.5 Å². The highest BCUT2D eigenvalue weighted by Crippen LogP contribution is 2.35. The van der Waals surface area contributed by atoms with E-state index < -0.39 is 9.84 Å². The van der Waals surface area contributed by atoms with Gasteiger partial charge in [-0.2, -0.15) is 4.98 Å². The molecule has 0 radical (unpaired) electrons. The van der Waals surface area contributed by atoms with Crippen LogP contribution in [0.1, 0.15) is 19.8 Å². The van der Waals surface area contributed by atoms with Crippen LogP contribution in [-0.2, 0) is 21.1 Å². The van der Waals surface area contributed by atoms with Gasteiger partial charge in [-0.25, -0.2) is 13.4 Å². The van der Waals surface area contributed by atoms with Crippen LogP contribution < -0.4 is 4.74 Å². The number of nitrogens with zero attached hydrogens (tertiary/aromatic N) is 3. The number of hydrogen-bond donors (Lipinski definition) is 0. The van der Waals surface area contributed by atoms with Gasteiger partial charge in [-0.3, -0.25) is 4.57 Å². The molecule has 0 amide bonds. The van der Waals surface area contributed by atoms with E-state index in [9.17, 15) is 8.42 Å². The van der Waals surface area contributed by atoms with Gasteiger partial charge in [0, 0.05) is 42.3 Å². The van der Waals surface area contributed by atoms with Gasteiger partial charge in [0.1, 0.15) is 5.52 Å². The van der Waals surface area contributed by atoms with Crippen LogP contribution in [0.2, 0.25) is 5.02 Å². The fourth-order valence-corrected chi connectivity index (χ4v) is 4.27. The molecule has 3 aromatic rings. The number of aryl methyl sites for hydroxylation is 1. The lowest BCUT2D eigenvalue weighted by atomic mass is 10.1. The van der Waals surface area contributed by atoms with Gasteiger partial charge in [-0.05, 0) is 31.0 Å². The molecule has 0 bridgehead atoms. The molecule has 3 rings (SSSR count). The topological polar surface area (TPSA) is 83.3 Å². The molecular weight excluding hydrogens is 414 g/mol. The van der Waals surface area contributed by atoms with Crippen LogP contribution in [0.5, 0.6) is 6.01 Å². The number of hydrogen-bond acceptors (Lipinski definition) is 6. The van der Waals surface area contributed by atoms with Crippen LogP contribution in [0.15, 0.2) is 35.4 Å². The molecule has 0 aliphatic rings. The van der Waals surface area contributed by atoms with Crippen LogP contribution in [0.4, 0.5) is 0 Å². The van der Waals surface area contributed by atoms with Gasteiger partial charge in [0.05, 0.1) is 18.1 Å². The van der Waals surface area contributed by atoms with Gasteiger partial charge in [0.2, 0.25) is 0 Å². The molecule has 0 aliphatic heterocycles. The van der Waals surface area contributed by atoms with Crippen molar-refractivity contribution in [3.8, 4) is 17.1 Å². The van der Waals surface area contributed by atoms with E-state index in [2.05, 4.69) is 16.9 Å². The normalized spacial score (nSPS) is 13.0. The van der Waals surface area contributed by atoms with E-state index in [0.717, 1.165) is 24.7 Å². The average molecular weight is 438 g/mol. The fraction of sp³-hybridized carbons (Fsp3) is 0.400. The Morgan fingerprint density at radius 1 is 1.21 bits per heavy atom. The smallest absolute Gasteiger partial charge is 0.298 e. The summed E-state index contributed by atoms with van der Waals surface area (Å²) in [5.74, 6) is 0. The highest BCUT2D eigenvalue weighted by molar-refractivity contribution is 7.90. The molecule has 0 spiro atoms. The molecule has 7 nitrogen and oxygen atoms in total. The number of rotatable bonds is 8. The number of benzene rings is 1. The fourth-order valence-electron chi connectivity index (χ4n) is 3.28. The maximum absolute atomic E-state index is 11.8. The number of sulfone groups is 1. The van der Waals surface area contributed by atoms with Crippen molar-refractivity contribution in [2.24, 2.45) is 0 Å². The lowest BCUT2D eigenvalue weighted by Gasteiger charge is -2.14. The minimum Gasteiger partial charge on any atom is -0.468 e. The second-order valence-corrected chi connectivity index (χ2v) is 9.17. The summed E-state index contributed by atoms with van der Waals surface area (Å²) in [5, 5.41) is 0.333. The maximum Gasteiger partial charge on any atom is 0.298 e. The molecule has 0 saturated carbocycles. The first-order valence-electron chi connectivity index (χ1n) is 9.22. The zero-order valence-electron chi connectivity index (χ0n) is 16.8. The Morgan fingerprint density at radius 3 is 2.55 bits per heavy atom. The second-order valence-electron chi connectivity index (χ2n) is 6.75. The van der Waals surface area contributed by atoms with E-state index >= 15 is 0 Å². The summed E-state index contributed by atoms with van der Waals surface area (Å²) in [4.78, 5) is 9.27.